The zero-order chi connectivity index (χ0) is 13.0. The van der Waals surface area contributed by atoms with Gasteiger partial charge in [-0.25, -0.2) is 0 Å². The van der Waals surface area contributed by atoms with Gasteiger partial charge in [-0.3, -0.25) is 0 Å². The predicted molar refractivity (Wildman–Crippen MR) is 74.6 cm³/mol. The van der Waals surface area contributed by atoms with Crippen molar-refractivity contribution >= 4 is 0 Å². The van der Waals surface area contributed by atoms with E-state index in [9.17, 15) is 5.11 Å². The third-order valence-corrected chi connectivity index (χ3v) is 5.80. The van der Waals surface area contributed by atoms with E-state index in [0.717, 1.165) is 12.8 Å². The van der Waals surface area contributed by atoms with Crippen molar-refractivity contribution in [1.82, 2.24) is 0 Å². The second-order valence-electron chi connectivity index (χ2n) is 7.04. The maximum absolute atomic E-state index is 10.3. The van der Waals surface area contributed by atoms with Crippen molar-refractivity contribution in [1.29, 1.82) is 0 Å². The zero-order valence-electron chi connectivity index (χ0n) is 11.7. The molecule has 3 rings (SSSR count). The molecule has 0 aromatic heterocycles. The minimum atomic E-state index is -0.138. The lowest BCUT2D eigenvalue weighted by Crippen LogP contribution is -2.53. The summed E-state index contributed by atoms with van der Waals surface area (Å²) in [5.41, 5.74) is 3.38. The van der Waals surface area contributed by atoms with Gasteiger partial charge >= 0.3 is 0 Å². The van der Waals surface area contributed by atoms with E-state index in [1.54, 1.807) is 5.56 Å². The molecule has 0 saturated heterocycles. The van der Waals surface area contributed by atoms with Crippen LogP contribution in [0.1, 0.15) is 51.2 Å². The van der Waals surface area contributed by atoms with Gasteiger partial charge < -0.3 is 5.11 Å². The van der Waals surface area contributed by atoms with Crippen molar-refractivity contribution in [3.63, 3.8) is 0 Å². The van der Waals surface area contributed by atoms with E-state index in [1.165, 1.54) is 18.4 Å². The van der Waals surface area contributed by atoms with Gasteiger partial charge in [0.2, 0.25) is 0 Å². The number of aliphatic hydroxyl groups is 1. The normalized spacial score (nSPS) is 37.8. The number of aliphatic hydroxyl groups excluding tert-OH is 1. The van der Waals surface area contributed by atoms with Crippen molar-refractivity contribution < 1.29 is 5.11 Å². The van der Waals surface area contributed by atoms with E-state index in [0.29, 0.717) is 5.92 Å². The third-order valence-electron chi connectivity index (χ3n) is 5.80. The summed E-state index contributed by atoms with van der Waals surface area (Å²) in [7, 11) is 0. The molecule has 0 aliphatic heterocycles. The Balaban J connectivity index is 2.10. The topological polar surface area (TPSA) is 20.2 Å². The van der Waals surface area contributed by atoms with Gasteiger partial charge in [0.25, 0.3) is 0 Å². The molecule has 0 amide bonds. The van der Waals surface area contributed by atoms with Gasteiger partial charge in [0.05, 0.1) is 6.10 Å². The Kier molecular flexibility index (Phi) is 2.60. The van der Waals surface area contributed by atoms with Crippen LogP contribution in [0.25, 0.3) is 0 Å². The highest BCUT2D eigenvalue weighted by Gasteiger charge is 2.53. The van der Waals surface area contributed by atoms with Crippen LogP contribution in [0.5, 0.6) is 0 Å². The Morgan fingerprint density at radius 2 is 1.83 bits per heavy atom. The number of hydrogen-bond acceptors (Lipinski definition) is 1. The number of aryl methyl sites for hydroxylation is 1. The molecule has 1 nitrogen and oxygen atoms in total. The van der Waals surface area contributed by atoms with Gasteiger partial charge in [-0.2, -0.15) is 0 Å². The van der Waals surface area contributed by atoms with Crippen LogP contribution in [0.3, 0.4) is 0 Å². The lowest BCUT2D eigenvalue weighted by Gasteiger charge is -2.56. The molecular formula is C17H24O. The summed E-state index contributed by atoms with van der Waals surface area (Å²) < 4.78 is 0. The van der Waals surface area contributed by atoms with Crippen LogP contribution in [0.15, 0.2) is 24.3 Å². The first-order chi connectivity index (χ1) is 8.46. The summed E-state index contributed by atoms with van der Waals surface area (Å²) in [6.45, 7) is 6.94. The largest absolute Gasteiger partial charge is 0.393 e. The minimum absolute atomic E-state index is 0.0422. The number of hydrogen-bond donors (Lipinski definition) is 1. The van der Waals surface area contributed by atoms with Crippen LogP contribution in [-0.4, -0.2) is 11.2 Å². The summed E-state index contributed by atoms with van der Waals surface area (Å²) in [5.74, 6) is 0.601. The quantitative estimate of drug-likeness (QED) is 0.738. The maximum Gasteiger partial charge on any atom is 0.0594 e. The molecule has 1 aromatic carbocycles. The fraction of sp³-hybridized carbons (Fsp3) is 0.647. The van der Waals surface area contributed by atoms with Crippen molar-refractivity contribution in [2.24, 2.45) is 11.3 Å². The van der Waals surface area contributed by atoms with Gasteiger partial charge in [-0.1, -0.05) is 45.0 Å². The van der Waals surface area contributed by atoms with Gasteiger partial charge in [0.15, 0.2) is 0 Å². The molecule has 1 N–H and O–H groups in total. The zero-order valence-corrected chi connectivity index (χ0v) is 11.7. The molecule has 0 heterocycles. The van der Waals surface area contributed by atoms with Gasteiger partial charge in [-0.05, 0) is 53.6 Å². The second-order valence-corrected chi connectivity index (χ2v) is 7.04. The molecule has 1 aromatic rings. The molecule has 2 aliphatic carbocycles. The van der Waals surface area contributed by atoms with Crippen molar-refractivity contribution in [3.05, 3.63) is 35.4 Å². The average Bonchev–Trinajstić information content (AvgIpc) is 2.35. The lowest BCUT2D eigenvalue weighted by atomic mass is 9.49. The smallest absolute Gasteiger partial charge is 0.0594 e. The molecule has 2 aliphatic rings. The number of fused-ring (bicyclic) bond motifs is 3. The van der Waals surface area contributed by atoms with Crippen LogP contribution in [0, 0.1) is 11.3 Å². The second kappa shape index (κ2) is 3.84. The highest BCUT2D eigenvalue weighted by atomic mass is 16.3. The summed E-state index contributed by atoms with van der Waals surface area (Å²) in [4.78, 5) is 0. The van der Waals surface area contributed by atoms with E-state index >= 15 is 0 Å². The first-order valence-corrected chi connectivity index (χ1v) is 7.23. The molecule has 1 saturated carbocycles. The van der Waals surface area contributed by atoms with E-state index in [2.05, 4.69) is 45.0 Å². The Morgan fingerprint density at radius 1 is 1.11 bits per heavy atom. The first-order valence-electron chi connectivity index (χ1n) is 7.23. The van der Waals surface area contributed by atoms with E-state index in [1.807, 2.05) is 0 Å². The van der Waals surface area contributed by atoms with Crippen LogP contribution in [0.2, 0.25) is 0 Å². The molecule has 0 bridgehead atoms. The van der Waals surface area contributed by atoms with Gasteiger partial charge in [-0.15, -0.1) is 0 Å². The highest BCUT2D eigenvalue weighted by molar-refractivity contribution is 5.38. The van der Waals surface area contributed by atoms with E-state index in [-0.39, 0.29) is 16.9 Å². The molecule has 1 heteroatoms. The highest BCUT2D eigenvalue weighted by Crippen LogP contribution is 2.56. The van der Waals surface area contributed by atoms with E-state index < -0.39 is 0 Å². The number of rotatable bonds is 0. The predicted octanol–water partition coefficient (Wildman–Crippen LogP) is 3.69. The summed E-state index contributed by atoms with van der Waals surface area (Å²) in [6.07, 6.45) is 4.32. The molecule has 98 valence electrons. The summed E-state index contributed by atoms with van der Waals surface area (Å²) in [6, 6.07) is 8.93. The molecular weight excluding hydrogens is 220 g/mol. The minimum Gasteiger partial charge on any atom is -0.393 e. The van der Waals surface area contributed by atoms with Crippen LogP contribution < -0.4 is 0 Å². The van der Waals surface area contributed by atoms with Crippen LogP contribution in [-0.2, 0) is 11.8 Å². The Morgan fingerprint density at radius 3 is 2.61 bits per heavy atom. The number of benzene rings is 1. The third kappa shape index (κ3) is 1.50. The van der Waals surface area contributed by atoms with Gasteiger partial charge in [0.1, 0.15) is 0 Å². The summed E-state index contributed by atoms with van der Waals surface area (Å²) in [5, 5.41) is 10.3. The Hall–Kier alpha value is -0.820. The molecule has 0 unspecified atom stereocenters. The van der Waals surface area contributed by atoms with Crippen LogP contribution >= 0.6 is 0 Å². The standard InChI is InChI=1S/C17H24O/c1-16(2)14-9-8-12-6-4-5-7-13(12)17(14,3)11-10-15(16)18/h4-7,14-15,18H,8-11H2,1-3H3/t14-,15-,17+/m1/s1. The van der Waals surface area contributed by atoms with Crippen molar-refractivity contribution in [2.75, 3.05) is 0 Å². The fourth-order valence-electron chi connectivity index (χ4n) is 4.64. The maximum atomic E-state index is 10.3. The molecule has 0 spiro atoms. The van der Waals surface area contributed by atoms with E-state index in [4.69, 9.17) is 0 Å². The van der Waals surface area contributed by atoms with Crippen LogP contribution in [0.4, 0.5) is 0 Å². The molecule has 3 atom stereocenters. The van der Waals surface area contributed by atoms with Gasteiger partial charge in [0, 0.05) is 0 Å². The Labute approximate surface area is 110 Å². The van der Waals surface area contributed by atoms with Crippen molar-refractivity contribution in [3.8, 4) is 0 Å². The SMILES string of the molecule is CC1(C)[C@H](O)CC[C@@]2(C)c3ccccc3CC[C@H]12. The fourth-order valence-corrected chi connectivity index (χ4v) is 4.64. The molecule has 18 heavy (non-hydrogen) atoms. The summed E-state index contributed by atoms with van der Waals surface area (Å²) >= 11 is 0. The lowest BCUT2D eigenvalue weighted by molar-refractivity contribution is -0.0730. The first kappa shape index (κ1) is 12.2. The average molecular weight is 244 g/mol. The Bertz CT molecular complexity index is 462. The monoisotopic (exact) mass is 244 g/mol. The molecule has 0 radical (unpaired) electrons. The van der Waals surface area contributed by atoms with Crippen molar-refractivity contribution in [2.45, 2.75) is 58.0 Å². The molecule has 1 fully saturated rings.